The summed E-state index contributed by atoms with van der Waals surface area (Å²) < 4.78 is 28.6. The van der Waals surface area contributed by atoms with Crippen molar-refractivity contribution in [3.63, 3.8) is 0 Å². The van der Waals surface area contributed by atoms with Crippen molar-refractivity contribution >= 4 is 15.7 Å². The molecule has 0 radical (unpaired) electrons. The number of pyridine rings is 1. The van der Waals surface area contributed by atoms with Crippen molar-refractivity contribution in [2.75, 3.05) is 24.7 Å². The molecular formula is C20H22N4O3S. The average molecular weight is 398 g/mol. The number of aromatic nitrogens is 3. The SMILES string of the molecule is Cc1nc(-c2ccccn2)nc(NCCOc2ccc(S(C)(=O)=O)cc2)c1C. The van der Waals surface area contributed by atoms with Gasteiger partial charge < -0.3 is 10.1 Å². The van der Waals surface area contributed by atoms with Crippen LogP contribution in [0.5, 0.6) is 5.75 Å². The van der Waals surface area contributed by atoms with Crippen LogP contribution in [0.3, 0.4) is 0 Å². The van der Waals surface area contributed by atoms with Crippen LogP contribution in [-0.4, -0.2) is 42.8 Å². The van der Waals surface area contributed by atoms with Crippen molar-refractivity contribution in [1.82, 2.24) is 15.0 Å². The third-order valence-electron chi connectivity index (χ3n) is 4.20. The Hall–Kier alpha value is -3.00. The van der Waals surface area contributed by atoms with Gasteiger partial charge in [0.1, 0.15) is 23.9 Å². The van der Waals surface area contributed by atoms with Crippen LogP contribution in [-0.2, 0) is 9.84 Å². The van der Waals surface area contributed by atoms with E-state index in [1.54, 1.807) is 18.3 Å². The number of aryl methyl sites for hydroxylation is 1. The number of sulfone groups is 1. The van der Waals surface area contributed by atoms with E-state index in [1.807, 2.05) is 32.0 Å². The van der Waals surface area contributed by atoms with Crippen molar-refractivity contribution in [2.45, 2.75) is 18.7 Å². The van der Waals surface area contributed by atoms with Gasteiger partial charge in [-0.25, -0.2) is 18.4 Å². The van der Waals surface area contributed by atoms with Crippen LogP contribution in [0.15, 0.2) is 53.6 Å². The van der Waals surface area contributed by atoms with Gasteiger partial charge >= 0.3 is 0 Å². The van der Waals surface area contributed by atoms with Gasteiger partial charge in [0, 0.05) is 23.7 Å². The number of hydrogen-bond donors (Lipinski definition) is 1. The first-order valence-electron chi connectivity index (χ1n) is 8.78. The summed E-state index contributed by atoms with van der Waals surface area (Å²) in [5.74, 6) is 1.92. The molecule has 2 heterocycles. The Morgan fingerprint density at radius 1 is 1.04 bits per heavy atom. The number of anilines is 1. The lowest BCUT2D eigenvalue weighted by Crippen LogP contribution is -2.14. The van der Waals surface area contributed by atoms with E-state index in [2.05, 4.69) is 20.3 Å². The van der Waals surface area contributed by atoms with Crippen molar-refractivity contribution in [3.8, 4) is 17.3 Å². The second kappa shape index (κ2) is 8.35. The second-order valence-corrected chi connectivity index (χ2v) is 8.36. The fourth-order valence-electron chi connectivity index (χ4n) is 2.53. The molecule has 0 saturated carbocycles. The summed E-state index contributed by atoms with van der Waals surface area (Å²) in [6.45, 7) is 4.84. The highest BCUT2D eigenvalue weighted by molar-refractivity contribution is 7.90. The molecule has 7 nitrogen and oxygen atoms in total. The summed E-state index contributed by atoms with van der Waals surface area (Å²) in [6, 6.07) is 12.0. The van der Waals surface area contributed by atoms with Crippen LogP contribution in [0.25, 0.3) is 11.5 Å². The maximum absolute atomic E-state index is 11.5. The maximum Gasteiger partial charge on any atom is 0.180 e. The highest BCUT2D eigenvalue weighted by Crippen LogP contribution is 2.20. The van der Waals surface area contributed by atoms with E-state index in [1.165, 1.54) is 18.4 Å². The average Bonchev–Trinajstić information content (AvgIpc) is 2.68. The first kappa shape index (κ1) is 19.8. The van der Waals surface area contributed by atoms with Gasteiger partial charge in [-0.15, -0.1) is 0 Å². The minimum Gasteiger partial charge on any atom is -0.492 e. The van der Waals surface area contributed by atoms with Gasteiger partial charge in [0.15, 0.2) is 15.7 Å². The molecule has 0 unspecified atom stereocenters. The van der Waals surface area contributed by atoms with Crippen molar-refractivity contribution in [1.29, 1.82) is 0 Å². The van der Waals surface area contributed by atoms with E-state index in [-0.39, 0.29) is 4.90 Å². The third-order valence-corrected chi connectivity index (χ3v) is 5.33. The van der Waals surface area contributed by atoms with E-state index in [4.69, 9.17) is 4.74 Å². The normalized spacial score (nSPS) is 11.2. The van der Waals surface area contributed by atoms with Gasteiger partial charge in [-0.3, -0.25) is 4.98 Å². The van der Waals surface area contributed by atoms with E-state index >= 15 is 0 Å². The summed E-state index contributed by atoms with van der Waals surface area (Å²) >= 11 is 0. The Labute approximate surface area is 164 Å². The quantitative estimate of drug-likeness (QED) is 0.611. The molecular weight excluding hydrogens is 376 g/mol. The van der Waals surface area contributed by atoms with Crippen LogP contribution in [0, 0.1) is 13.8 Å². The zero-order valence-corrected chi connectivity index (χ0v) is 16.8. The third kappa shape index (κ3) is 4.83. The number of nitrogens with zero attached hydrogens (tertiary/aromatic N) is 3. The molecule has 8 heteroatoms. The Morgan fingerprint density at radius 2 is 1.79 bits per heavy atom. The number of nitrogens with one attached hydrogen (secondary N) is 1. The smallest absolute Gasteiger partial charge is 0.180 e. The molecule has 0 atom stereocenters. The molecule has 0 spiro atoms. The van der Waals surface area contributed by atoms with Gasteiger partial charge in [-0.1, -0.05) is 6.07 Å². The molecule has 0 aliphatic carbocycles. The summed E-state index contributed by atoms with van der Waals surface area (Å²) in [6.07, 6.45) is 2.89. The van der Waals surface area contributed by atoms with Crippen LogP contribution in [0.1, 0.15) is 11.3 Å². The Balaban J connectivity index is 1.62. The fourth-order valence-corrected chi connectivity index (χ4v) is 3.16. The van der Waals surface area contributed by atoms with E-state index in [0.29, 0.717) is 24.7 Å². The van der Waals surface area contributed by atoms with E-state index in [9.17, 15) is 8.42 Å². The lowest BCUT2D eigenvalue weighted by atomic mass is 10.2. The number of rotatable bonds is 7. The first-order chi connectivity index (χ1) is 13.3. The minimum atomic E-state index is -3.20. The zero-order chi connectivity index (χ0) is 20.1. The maximum atomic E-state index is 11.5. The van der Waals surface area contributed by atoms with Gasteiger partial charge in [0.2, 0.25) is 0 Å². The van der Waals surface area contributed by atoms with Gasteiger partial charge in [-0.05, 0) is 50.2 Å². The molecule has 146 valence electrons. The topological polar surface area (TPSA) is 94.1 Å². The molecule has 0 fully saturated rings. The molecule has 0 amide bonds. The van der Waals surface area contributed by atoms with Gasteiger partial charge in [0.05, 0.1) is 11.4 Å². The standard InChI is InChI=1S/C20H22N4O3S/c1-14-15(2)23-20(18-6-4-5-11-21-18)24-19(14)22-12-13-27-16-7-9-17(10-8-16)28(3,25)26/h4-11H,12-13H2,1-3H3,(H,22,23,24). The predicted molar refractivity (Wildman–Crippen MR) is 108 cm³/mol. The minimum absolute atomic E-state index is 0.270. The lowest BCUT2D eigenvalue weighted by molar-refractivity contribution is 0.332. The highest BCUT2D eigenvalue weighted by atomic mass is 32.2. The van der Waals surface area contributed by atoms with E-state index in [0.717, 1.165) is 22.8 Å². The van der Waals surface area contributed by atoms with Crippen LogP contribution in [0.2, 0.25) is 0 Å². The monoisotopic (exact) mass is 398 g/mol. The zero-order valence-electron chi connectivity index (χ0n) is 16.0. The van der Waals surface area contributed by atoms with E-state index < -0.39 is 9.84 Å². The summed E-state index contributed by atoms with van der Waals surface area (Å²) in [7, 11) is -3.20. The Bertz CT molecular complexity index is 1050. The number of ether oxygens (including phenoxy) is 1. The lowest BCUT2D eigenvalue weighted by Gasteiger charge is -2.13. The summed E-state index contributed by atoms with van der Waals surface area (Å²) in [5, 5.41) is 3.27. The Kier molecular flexibility index (Phi) is 5.89. The van der Waals surface area contributed by atoms with Crippen LogP contribution >= 0.6 is 0 Å². The summed E-state index contributed by atoms with van der Waals surface area (Å²) in [4.78, 5) is 13.7. The first-order valence-corrected chi connectivity index (χ1v) is 10.7. The molecule has 0 aliphatic rings. The second-order valence-electron chi connectivity index (χ2n) is 6.34. The number of benzene rings is 1. The van der Waals surface area contributed by atoms with Crippen LogP contribution in [0.4, 0.5) is 5.82 Å². The van der Waals surface area contributed by atoms with Gasteiger partial charge in [-0.2, -0.15) is 0 Å². The predicted octanol–water partition coefficient (Wildman–Crippen LogP) is 3.05. The molecule has 3 aromatic rings. The molecule has 0 aliphatic heterocycles. The van der Waals surface area contributed by atoms with Gasteiger partial charge in [0.25, 0.3) is 0 Å². The van der Waals surface area contributed by atoms with Crippen molar-refractivity contribution < 1.29 is 13.2 Å². The van der Waals surface area contributed by atoms with Crippen molar-refractivity contribution in [2.24, 2.45) is 0 Å². The molecule has 0 bridgehead atoms. The van der Waals surface area contributed by atoms with Crippen LogP contribution < -0.4 is 10.1 Å². The summed E-state index contributed by atoms with van der Waals surface area (Å²) in [5.41, 5.74) is 2.57. The molecule has 2 aromatic heterocycles. The molecule has 3 rings (SSSR count). The van der Waals surface area contributed by atoms with Crippen molar-refractivity contribution in [3.05, 3.63) is 59.9 Å². The Morgan fingerprint density at radius 3 is 2.43 bits per heavy atom. The highest BCUT2D eigenvalue weighted by Gasteiger charge is 2.10. The molecule has 1 aromatic carbocycles. The number of hydrogen-bond acceptors (Lipinski definition) is 7. The molecule has 1 N–H and O–H groups in total. The molecule has 0 saturated heterocycles. The fraction of sp³-hybridized carbons (Fsp3) is 0.250. The molecule has 28 heavy (non-hydrogen) atoms. The largest absolute Gasteiger partial charge is 0.492 e.